The van der Waals surface area contributed by atoms with E-state index in [0.717, 1.165) is 21.5 Å². The molecule has 0 unspecified atom stereocenters. The van der Waals surface area contributed by atoms with Crippen LogP contribution in [-0.2, 0) is 4.79 Å². The van der Waals surface area contributed by atoms with Gasteiger partial charge in [-0.15, -0.1) is 0 Å². The highest BCUT2D eigenvalue weighted by atomic mass is 32.2. The number of thioether (sulfide) groups is 1. The predicted molar refractivity (Wildman–Crippen MR) is 69.5 cm³/mol. The second-order valence-corrected chi connectivity index (χ2v) is 4.65. The zero-order valence-corrected chi connectivity index (χ0v) is 10.3. The number of aromatic nitrogens is 1. The van der Waals surface area contributed by atoms with E-state index in [4.69, 9.17) is 5.84 Å². The minimum Gasteiger partial charge on any atom is -0.294 e. The number of carbonyl (C=O) groups is 1. The summed E-state index contributed by atoms with van der Waals surface area (Å²) in [5.41, 5.74) is 4.21. The molecule has 5 heteroatoms. The lowest BCUT2D eigenvalue weighted by molar-refractivity contribution is -0.118. The molecule has 0 fully saturated rings. The third-order valence-electron chi connectivity index (χ3n) is 2.41. The van der Waals surface area contributed by atoms with Crippen LogP contribution in [0.1, 0.15) is 5.56 Å². The molecule has 0 atom stereocenters. The SMILES string of the molecule is Cc1cc(SCC(=O)NN)nc2ccccc12. The first-order valence-corrected chi connectivity index (χ1v) is 6.18. The standard InChI is InChI=1S/C12H13N3OS/c1-8-6-12(17-7-11(16)15-13)14-10-5-3-2-4-9(8)10/h2-6H,7,13H2,1H3,(H,15,16). The van der Waals surface area contributed by atoms with E-state index in [1.165, 1.54) is 11.8 Å². The quantitative estimate of drug-likeness (QED) is 0.374. The molecule has 0 aliphatic heterocycles. The van der Waals surface area contributed by atoms with Crippen molar-refractivity contribution in [1.29, 1.82) is 0 Å². The highest BCUT2D eigenvalue weighted by molar-refractivity contribution is 7.99. The molecule has 1 heterocycles. The Balaban J connectivity index is 2.27. The number of hydrogen-bond donors (Lipinski definition) is 2. The fourth-order valence-corrected chi connectivity index (χ4v) is 2.36. The monoisotopic (exact) mass is 247 g/mol. The lowest BCUT2D eigenvalue weighted by Gasteiger charge is -2.05. The lowest BCUT2D eigenvalue weighted by Crippen LogP contribution is -2.31. The molecule has 17 heavy (non-hydrogen) atoms. The van der Waals surface area contributed by atoms with Crippen LogP contribution in [0.3, 0.4) is 0 Å². The molecule has 0 saturated heterocycles. The van der Waals surface area contributed by atoms with Gasteiger partial charge in [-0.2, -0.15) is 0 Å². The van der Waals surface area contributed by atoms with Crippen molar-refractivity contribution in [3.63, 3.8) is 0 Å². The summed E-state index contributed by atoms with van der Waals surface area (Å²) in [4.78, 5) is 15.5. The van der Waals surface area contributed by atoms with Crippen molar-refractivity contribution in [3.05, 3.63) is 35.9 Å². The van der Waals surface area contributed by atoms with E-state index in [1.54, 1.807) is 0 Å². The molecule has 1 amide bonds. The van der Waals surface area contributed by atoms with Crippen molar-refractivity contribution in [2.75, 3.05) is 5.75 Å². The number of nitrogens with one attached hydrogen (secondary N) is 1. The smallest absolute Gasteiger partial charge is 0.244 e. The Hall–Kier alpha value is -1.59. The van der Waals surface area contributed by atoms with E-state index in [1.807, 2.05) is 37.3 Å². The van der Waals surface area contributed by atoms with Crippen LogP contribution < -0.4 is 11.3 Å². The number of aryl methyl sites for hydroxylation is 1. The average Bonchev–Trinajstić information content (AvgIpc) is 2.36. The van der Waals surface area contributed by atoms with Crippen molar-refractivity contribution in [2.24, 2.45) is 5.84 Å². The van der Waals surface area contributed by atoms with Gasteiger partial charge in [0.15, 0.2) is 0 Å². The molecule has 0 aliphatic carbocycles. The van der Waals surface area contributed by atoms with Crippen LogP contribution in [-0.4, -0.2) is 16.6 Å². The molecule has 3 N–H and O–H groups in total. The van der Waals surface area contributed by atoms with Crippen molar-refractivity contribution in [2.45, 2.75) is 11.9 Å². The average molecular weight is 247 g/mol. The van der Waals surface area contributed by atoms with E-state index in [0.29, 0.717) is 0 Å². The van der Waals surface area contributed by atoms with E-state index in [-0.39, 0.29) is 11.7 Å². The van der Waals surface area contributed by atoms with Gasteiger partial charge in [0.2, 0.25) is 5.91 Å². The van der Waals surface area contributed by atoms with Crippen LogP contribution >= 0.6 is 11.8 Å². The number of rotatable bonds is 3. The summed E-state index contributed by atoms with van der Waals surface area (Å²) in [5.74, 6) is 5.10. The number of amides is 1. The Labute approximate surface area is 104 Å². The molecule has 2 aromatic rings. The van der Waals surface area contributed by atoms with Gasteiger partial charge in [-0.3, -0.25) is 10.2 Å². The Morgan fingerprint density at radius 1 is 1.47 bits per heavy atom. The number of hydrogen-bond acceptors (Lipinski definition) is 4. The number of carbonyl (C=O) groups excluding carboxylic acids is 1. The summed E-state index contributed by atoms with van der Waals surface area (Å²) in [5, 5.41) is 1.98. The van der Waals surface area contributed by atoms with E-state index in [9.17, 15) is 4.79 Å². The Kier molecular flexibility index (Phi) is 3.61. The third kappa shape index (κ3) is 2.75. The minimum atomic E-state index is -0.206. The number of hydrazine groups is 1. The van der Waals surface area contributed by atoms with Crippen molar-refractivity contribution in [3.8, 4) is 0 Å². The number of fused-ring (bicyclic) bond motifs is 1. The minimum absolute atomic E-state index is 0.206. The van der Waals surface area contributed by atoms with Crippen LogP contribution in [0.25, 0.3) is 10.9 Å². The van der Waals surface area contributed by atoms with Crippen molar-refractivity contribution in [1.82, 2.24) is 10.4 Å². The number of pyridine rings is 1. The summed E-state index contributed by atoms with van der Waals surface area (Å²) in [6.07, 6.45) is 0. The number of para-hydroxylation sites is 1. The van der Waals surface area contributed by atoms with Gasteiger partial charge in [0.05, 0.1) is 16.3 Å². The molecule has 1 aromatic heterocycles. The first-order valence-electron chi connectivity index (χ1n) is 5.19. The van der Waals surface area contributed by atoms with Gasteiger partial charge >= 0.3 is 0 Å². The molecule has 0 radical (unpaired) electrons. The third-order valence-corrected chi connectivity index (χ3v) is 3.32. The zero-order chi connectivity index (χ0) is 12.3. The van der Waals surface area contributed by atoms with Gasteiger partial charge in [-0.1, -0.05) is 30.0 Å². The second-order valence-electron chi connectivity index (χ2n) is 3.65. The highest BCUT2D eigenvalue weighted by Crippen LogP contribution is 2.23. The van der Waals surface area contributed by atoms with Crippen molar-refractivity contribution < 1.29 is 4.79 Å². The van der Waals surface area contributed by atoms with E-state index < -0.39 is 0 Å². The van der Waals surface area contributed by atoms with E-state index in [2.05, 4.69) is 10.4 Å². The Morgan fingerprint density at radius 2 is 2.24 bits per heavy atom. The topological polar surface area (TPSA) is 68.0 Å². The van der Waals surface area contributed by atoms with Crippen LogP contribution in [0.2, 0.25) is 0 Å². The zero-order valence-electron chi connectivity index (χ0n) is 9.43. The molecule has 0 aliphatic rings. The van der Waals surface area contributed by atoms with Crippen LogP contribution in [0, 0.1) is 6.92 Å². The van der Waals surface area contributed by atoms with Crippen LogP contribution in [0.15, 0.2) is 35.4 Å². The maximum atomic E-state index is 11.0. The Morgan fingerprint density at radius 3 is 3.00 bits per heavy atom. The summed E-state index contributed by atoms with van der Waals surface area (Å²) in [7, 11) is 0. The van der Waals surface area contributed by atoms with Gasteiger partial charge in [-0.25, -0.2) is 10.8 Å². The van der Waals surface area contributed by atoms with Gasteiger partial charge < -0.3 is 0 Å². The summed E-state index contributed by atoms with van der Waals surface area (Å²) >= 11 is 1.38. The number of nitrogens with zero attached hydrogens (tertiary/aromatic N) is 1. The maximum Gasteiger partial charge on any atom is 0.244 e. The second kappa shape index (κ2) is 5.16. The van der Waals surface area contributed by atoms with Gasteiger partial charge in [-0.05, 0) is 24.6 Å². The molecular formula is C12H13N3OS. The van der Waals surface area contributed by atoms with Crippen LogP contribution in [0.5, 0.6) is 0 Å². The summed E-state index contributed by atoms with van der Waals surface area (Å²) in [6.45, 7) is 2.04. The van der Waals surface area contributed by atoms with Gasteiger partial charge in [0.25, 0.3) is 0 Å². The van der Waals surface area contributed by atoms with E-state index >= 15 is 0 Å². The highest BCUT2D eigenvalue weighted by Gasteiger charge is 2.05. The summed E-state index contributed by atoms with van der Waals surface area (Å²) < 4.78 is 0. The van der Waals surface area contributed by atoms with Gasteiger partial charge in [0, 0.05) is 5.39 Å². The molecular weight excluding hydrogens is 234 g/mol. The normalized spacial score (nSPS) is 10.5. The first-order chi connectivity index (χ1) is 8.20. The molecule has 4 nitrogen and oxygen atoms in total. The molecule has 1 aromatic carbocycles. The van der Waals surface area contributed by atoms with Crippen molar-refractivity contribution >= 4 is 28.6 Å². The predicted octanol–water partition coefficient (Wildman–Crippen LogP) is 1.63. The largest absolute Gasteiger partial charge is 0.294 e. The Bertz CT molecular complexity index is 556. The summed E-state index contributed by atoms with van der Waals surface area (Å²) in [6, 6.07) is 9.94. The fraction of sp³-hybridized carbons (Fsp3) is 0.167. The number of benzene rings is 1. The molecule has 0 saturated carbocycles. The maximum absolute atomic E-state index is 11.0. The number of nitrogens with two attached hydrogens (primary N) is 1. The molecule has 88 valence electrons. The first kappa shape index (κ1) is 11.9. The molecule has 0 spiro atoms. The fourth-order valence-electron chi connectivity index (χ4n) is 1.57. The molecule has 0 bridgehead atoms. The molecule has 2 rings (SSSR count). The lowest BCUT2D eigenvalue weighted by atomic mass is 10.1. The van der Waals surface area contributed by atoms with Gasteiger partial charge in [0.1, 0.15) is 0 Å². The van der Waals surface area contributed by atoms with Crippen LogP contribution in [0.4, 0.5) is 0 Å².